The van der Waals surface area contributed by atoms with Crippen LogP contribution in [0.2, 0.25) is 0 Å². The molecule has 0 radical (unpaired) electrons. The number of hydrogen-bond acceptors (Lipinski definition) is 4. The third-order valence-corrected chi connectivity index (χ3v) is 3.49. The van der Waals surface area contributed by atoms with Gasteiger partial charge in [-0.3, -0.25) is 9.59 Å². The quantitative estimate of drug-likeness (QED) is 0.867. The normalized spacial score (nSPS) is 18.0. The largest absolute Gasteiger partial charge is 0.493 e. The first kappa shape index (κ1) is 17.3. The van der Waals surface area contributed by atoms with Crippen LogP contribution in [-0.4, -0.2) is 54.3 Å². The number of carbonyl (C=O) groups excluding carboxylic acids is 1. The number of carboxylic acids is 1. The van der Waals surface area contributed by atoms with Crippen LogP contribution in [0.1, 0.15) is 30.6 Å². The van der Waals surface area contributed by atoms with Crippen molar-refractivity contribution in [3.63, 3.8) is 0 Å². The highest BCUT2D eigenvalue weighted by atomic mass is 16.5. The van der Waals surface area contributed by atoms with E-state index in [4.69, 9.17) is 14.6 Å². The minimum atomic E-state index is -0.923. The molecule has 0 saturated carbocycles. The molecule has 1 aliphatic heterocycles. The van der Waals surface area contributed by atoms with Crippen molar-refractivity contribution in [3.8, 4) is 5.75 Å². The highest BCUT2D eigenvalue weighted by Gasteiger charge is 2.26. The topological polar surface area (TPSA) is 76.1 Å². The lowest BCUT2D eigenvalue weighted by Gasteiger charge is -2.32. The van der Waals surface area contributed by atoms with E-state index in [1.54, 1.807) is 23.1 Å². The number of amides is 1. The van der Waals surface area contributed by atoms with Crippen molar-refractivity contribution in [2.24, 2.45) is 5.92 Å². The van der Waals surface area contributed by atoms with Gasteiger partial charge in [-0.15, -0.1) is 0 Å². The Kier molecular flexibility index (Phi) is 5.98. The average Bonchev–Trinajstić information content (AvgIpc) is 2.52. The Morgan fingerprint density at radius 1 is 1.43 bits per heavy atom. The summed E-state index contributed by atoms with van der Waals surface area (Å²) in [5, 5.41) is 8.85. The molecule has 0 spiro atoms. The van der Waals surface area contributed by atoms with Gasteiger partial charge in [-0.25, -0.2) is 0 Å². The van der Waals surface area contributed by atoms with Gasteiger partial charge < -0.3 is 19.5 Å². The summed E-state index contributed by atoms with van der Waals surface area (Å²) in [6.45, 7) is 5.83. The van der Waals surface area contributed by atoms with Crippen LogP contribution in [0.5, 0.6) is 5.75 Å². The summed E-state index contributed by atoms with van der Waals surface area (Å²) < 4.78 is 11.0. The number of nitrogens with zero attached hydrogens (tertiary/aromatic N) is 1. The van der Waals surface area contributed by atoms with Crippen LogP contribution < -0.4 is 4.74 Å². The molecule has 1 heterocycles. The molecule has 1 amide bonds. The second kappa shape index (κ2) is 7.97. The van der Waals surface area contributed by atoms with E-state index in [1.165, 1.54) is 0 Å². The van der Waals surface area contributed by atoms with Crippen LogP contribution in [0.4, 0.5) is 0 Å². The molecule has 1 aromatic rings. The Labute approximate surface area is 136 Å². The van der Waals surface area contributed by atoms with Crippen molar-refractivity contribution in [1.82, 2.24) is 4.90 Å². The molecule has 2 rings (SSSR count). The van der Waals surface area contributed by atoms with Gasteiger partial charge in [0.2, 0.25) is 0 Å². The minimum Gasteiger partial charge on any atom is -0.493 e. The third kappa shape index (κ3) is 5.25. The summed E-state index contributed by atoms with van der Waals surface area (Å²) in [5.74, 6) is 0.0253. The maximum absolute atomic E-state index is 12.6. The molecule has 0 bridgehead atoms. The second-order valence-electron chi connectivity index (χ2n) is 6.07. The monoisotopic (exact) mass is 321 g/mol. The molecule has 6 nitrogen and oxygen atoms in total. The summed E-state index contributed by atoms with van der Waals surface area (Å²) in [6, 6.07) is 7.09. The smallest absolute Gasteiger partial charge is 0.306 e. The molecule has 1 atom stereocenters. The SMILES string of the molecule is CC(C)COc1cccc(C(=O)N2CCOC(CC(=O)O)C2)c1. The van der Waals surface area contributed by atoms with Crippen molar-refractivity contribution < 1.29 is 24.2 Å². The number of morpholine rings is 1. The third-order valence-electron chi connectivity index (χ3n) is 3.49. The standard InChI is InChI=1S/C17H23NO5/c1-12(2)11-23-14-5-3-4-13(8-14)17(21)18-6-7-22-15(10-18)9-16(19)20/h3-5,8,12,15H,6-7,9-11H2,1-2H3,(H,19,20). The summed E-state index contributed by atoms with van der Waals surface area (Å²) in [7, 11) is 0. The van der Waals surface area contributed by atoms with Gasteiger partial charge in [0.1, 0.15) is 5.75 Å². The number of ether oxygens (including phenoxy) is 2. The number of hydrogen-bond donors (Lipinski definition) is 1. The van der Waals surface area contributed by atoms with Gasteiger partial charge in [0.05, 0.1) is 25.7 Å². The minimum absolute atomic E-state index is 0.0959. The van der Waals surface area contributed by atoms with E-state index in [0.29, 0.717) is 43.5 Å². The second-order valence-corrected chi connectivity index (χ2v) is 6.07. The molecule has 0 aliphatic carbocycles. The predicted octanol–water partition coefficient (Wildman–Crippen LogP) is 2.04. The lowest BCUT2D eigenvalue weighted by Crippen LogP contribution is -2.46. The maximum Gasteiger partial charge on any atom is 0.306 e. The van der Waals surface area contributed by atoms with Gasteiger partial charge in [0.15, 0.2) is 0 Å². The predicted molar refractivity (Wildman–Crippen MR) is 84.7 cm³/mol. The Morgan fingerprint density at radius 3 is 2.91 bits per heavy atom. The molecule has 1 saturated heterocycles. The molecule has 1 aliphatic rings. The van der Waals surface area contributed by atoms with Crippen LogP contribution in [0.3, 0.4) is 0 Å². The molecule has 126 valence electrons. The first-order valence-corrected chi connectivity index (χ1v) is 7.81. The van der Waals surface area contributed by atoms with Crippen LogP contribution in [0.15, 0.2) is 24.3 Å². The van der Waals surface area contributed by atoms with Gasteiger partial charge in [-0.2, -0.15) is 0 Å². The molecule has 1 N–H and O–H groups in total. The summed E-state index contributed by atoms with van der Waals surface area (Å²) in [5.41, 5.74) is 0.544. The van der Waals surface area contributed by atoms with E-state index in [-0.39, 0.29) is 12.3 Å². The van der Waals surface area contributed by atoms with E-state index in [2.05, 4.69) is 13.8 Å². The van der Waals surface area contributed by atoms with Crippen molar-refractivity contribution in [3.05, 3.63) is 29.8 Å². The molecule has 1 aromatic carbocycles. The Balaban J connectivity index is 2.01. The number of carbonyl (C=O) groups is 2. The number of aliphatic carboxylic acids is 1. The maximum atomic E-state index is 12.6. The van der Waals surface area contributed by atoms with Crippen molar-refractivity contribution in [1.29, 1.82) is 0 Å². The molecule has 6 heteroatoms. The Bertz CT molecular complexity index is 558. The number of rotatable bonds is 6. The van der Waals surface area contributed by atoms with E-state index in [0.717, 1.165) is 0 Å². The fourth-order valence-electron chi connectivity index (χ4n) is 2.39. The van der Waals surface area contributed by atoms with Gasteiger partial charge >= 0.3 is 5.97 Å². The highest BCUT2D eigenvalue weighted by molar-refractivity contribution is 5.94. The van der Waals surface area contributed by atoms with Crippen LogP contribution in [0, 0.1) is 5.92 Å². The van der Waals surface area contributed by atoms with Crippen molar-refractivity contribution in [2.75, 3.05) is 26.3 Å². The van der Waals surface area contributed by atoms with Crippen LogP contribution in [-0.2, 0) is 9.53 Å². The highest BCUT2D eigenvalue weighted by Crippen LogP contribution is 2.18. The molecule has 23 heavy (non-hydrogen) atoms. The van der Waals surface area contributed by atoms with E-state index < -0.39 is 12.1 Å². The van der Waals surface area contributed by atoms with E-state index in [9.17, 15) is 9.59 Å². The van der Waals surface area contributed by atoms with Crippen molar-refractivity contribution >= 4 is 11.9 Å². The van der Waals surface area contributed by atoms with Gasteiger partial charge in [0, 0.05) is 18.7 Å². The zero-order valence-electron chi connectivity index (χ0n) is 13.5. The molecular weight excluding hydrogens is 298 g/mol. The summed E-state index contributed by atoms with van der Waals surface area (Å²) >= 11 is 0. The fourth-order valence-corrected chi connectivity index (χ4v) is 2.39. The first-order valence-electron chi connectivity index (χ1n) is 7.81. The number of carboxylic acid groups (broad SMARTS) is 1. The molecule has 0 aromatic heterocycles. The molecule has 1 fully saturated rings. The van der Waals surface area contributed by atoms with Gasteiger partial charge in [-0.05, 0) is 24.1 Å². The summed E-state index contributed by atoms with van der Waals surface area (Å²) in [4.78, 5) is 25.0. The number of benzene rings is 1. The fraction of sp³-hybridized carbons (Fsp3) is 0.529. The molecule has 1 unspecified atom stereocenters. The van der Waals surface area contributed by atoms with Crippen LogP contribution >= 0.6 is 0 Å². The Hall–Kier alpha value is -2.08. The van der Waals surface area contributed by atoms with Crippen LogP contribution in [0.25, 0.3) is 0 Å². The summed E-state index contributed by atoms with van der Waals surface area (Å²) in [6.07, 6.45) is -0.549. The lowest BCUT2D eigenvalue weighted by atomic mass is 10.1. The van der Waals surface area contributed by atoms with Gasteiger partial charge in [-0.1, -0.05) is 19.9 Å². The zero-order valence-corrected chi connectivity index (χ0v) is 13.5. The first-order chi connectivity index (χ1) is 11.0. The average molecular weight is 321 g/mol. The van der Waals surface area contributed by atoms with E-state index in [1.807, 2.05) is 6.07 Å². The van der Waals surface area contributed by atoms with E-state index >= 15 is 0 Å². The van der Waals surface area contributed by atoms with Gasteiger partial charge in [0.25, 0.3) is 5.91 Å². The van der Waals surface area contributed by atoms with Crippen molar-refractivity contribution in [2.45, 2.75) is 26.4 Å². The zero-order chi connectivity index (χ0) is 16.8. The lowest BCUT2D eigenvalue weighted by molar-refractivity contribution is -0.141. The molecular formula is C17H23NO5. The Morgan fingerprint density at radius 2 is 2.22 bits per heavy atom.